The molecule has 0 fully saturated rings. The van der Waals surface area contributed by atoms with Crippen molar-refractivity contribution >= 4 is 17.1 Å². The van der Waals surface area contributed by atoms with E-state index in [1.165, 1.54) is 12.1 Å². The molecule has 3 aromatic carbocycles. The highest BCUT2D eigenvalue weighted by atomic mass is 19.4. The van der Waals surface area contributed by atoms with Gasteiger partial charge < -0.3 is 14.3 Å². The summed E-state index contributed by atoms with van der Waals surface area (Å²) in [4.78, 5) is 16.2. The molecule has 5 nitrogen and oxygen atoms in total. The van der Waals surface area contributed by atoms with Crippen molar-refractivity contribution in [3.8, 4) is 17.2 Å². The van der Waals surface area contributed by atoms with Gasteiger partial charge in [0.25, 0.3) is 0 Å². The van der Waals surface area contributed by atoms with E-state index in [4.69, 9.17) is 9.15 Å². The van der Waals surface area contributed by atoms with Crippen molar-refractivity contribution in [3.05, 3.63) is 83.9 Å². The maximum absolute atomic E-state index is 13.0. The summed E-state index contributed by atoms with van der Waals surface area (Å²) in [6.07, 6.45) is -6.26. The molecule has 1 unspecified atom stereocenters. The fourth-order valence-corrected chi connectivity index (χ4v) is 3.00. The minimum absolute atomic E-state index is 0.119. The summed E-state index contributed by atoms with van der Waals surface area (Å²) in [6.45, 7) is 0. The number of carboxylic acids is 1. The van der Waals surface area contributed by atoms with Gasteiger partial charge in [0.05, 0.1) is 11.1 Å². The van der Waals surface area contributed by atoms with Gasteiger partial charge in [-0.1, -0.05) is 36.4 Å². The lowest BCUT2D eigenvalue weighted by molar-refractivity contribution is -0.146. The number of hydrogen-bond acceptors (Lipinski definition) is 4. The number of benzene rings is 3. The van der Waals surface area contributed by atoms with Crippen LogP contribution in [0.2, 0.25) is 0 Å². The quantitative estimate of drug-likeness (QED) is 0.453. The summed E-state index contributed by atoms with van der Waals surface area (Å²) >= 11 is 0. The highest BCUT2D eigenvalue weighted by Gasteiger charge is 2.32. The number of alkyl halides is 3. The molecule has 4 rings (SSSR count). The van der Waals surface area contributed by atoms with Gasteiger partial charge in [-0.15, -0.1) is 0 Å². The third kappa shape index (κ3) is 3.84. The second-order valence-electron chi connectivity index (χ2n) is 6.44. The van der Waals surface area contributed by atoms with E-state index in [0.717, 1.165) is 18.2 Å². The number of aliphatic carboxylic acids is 1. The number of carboxylic acid groups (broad SMARTS) is 1. The standard InChI is InChI=1S/C22H14F3NO4/c23-22(24,25)14-7-5-6-13(12-14)19(21(27)28)29-17-10-3-1-8-15(17)20-26-16-9-2-4-11-18(16)30-20/h1-12,19H,(H,27,28). The molecule has 0 radical (unpaired) electrons. The Morgan fingerprint density at radius 1 is 1.00 bits per heavy atom. The van der Waals surface area contributed by atoms with E-state index in [0.29, 0.717) is 16.7 Å². The van der Waals surface area contributed by atoms with E-state index >= 15 is 0 Å². The van der Waals surface area contributed by atoms with Gasteiger partial charge in [0.1, 0.15) is 11.3 Å². The van der Waals surface area contributed by atoms with Crippen LogP contribution in [0.1, 0.15) is 17.2 Å². The van der Waals surface area contributed by atoms with E-state index in [9.17, 15) is 23.1 Å². The normalized spacial score (nSPS) is 12.6. The van der Waals surface area contributed by atoms with Crippen LogP contribution in [-0.4, -0.2) is 16.1 Å². The fraction of sp³-hybridized carbons (Fsp3) is 0.0909. The minimum atomic E-state index is -4.60. The summed E-state index contributed by atoms with van der Waals surface area (Å²) < 4.78 is 50.5. The lowest BCUT2D eigenvalue weighted by Crippen LogP contribution is -2.19. The van der Waals surface area contributed by atoms with Crippen molar-refractivity contribution in [2.75, 3.05) is 0 Å². The first kappa shape index (κ1) is 19.5. The van der Waals surface area contributed by atoms with E-state index in [1.54, 1.807) is 42.5 Å². The summed E-state index contributed by atoms with van der Waals surface area (Å²) in [5, 5.41) is 9.61. The Kier molecular flexibility index (Phi) is 4.91. The second-order valence-corrected chi connectivity index (χ2v) is 6.44. The first-order chi connectivity index (χ1) is 14.3. The number of nitrogens with zero attached hydrogens (tertiary/aromatic N) is 1. The highest BCUT2D eigenvalue weighted by Crippen LogP contribution is 2.36. The molecule has 0 bridgehead atoms. The second kappa shape index (κ2) is 7.55. The third-order valence-corrected chi connectivity index (χ3v) is 4.40. The summed E-state index contributed by atoms with van der Waals surface area (Å²) in [5.74, 6) is -1.10. The zero-order valence-electron chi connectivity index (χ0n) is 15.3. The van der Waals surface area contributed by atoms with Gasteiger partial charge in [0.15, 0.2) is 5.58 Å². The predicted octanol–water partition coefficient (Wildman–Crippen LogP) is 5.72. The number of fused-ring (bicyclic) bond motifs is 1. The topological polar surface area (TPSA) is 72.6 Å². The SMILES string of the molecule is O=C(O)C(Oc1ccccc1-c1nc2ccccc2o1)c1cccc(C(F)(F)F)c1. The molecule has 1 atom stereocenters. The molecule has 0 spiro atoms. The largest absolute Gasteiger partial charge is 0.478 e. The Bertz CT molecular complexity index is 1180. The van der Waals surface area contributed by atoms with Crippen molar-refractivity contribution in [1.82, 2.24) is 4.98 Å². The Labute approximate surface area is 168 Å². The first-order valence-electron chi connectivity index (χ1n) is 8.84. The average Bonchev–Trinajstić information content (AvgIpc) is 3.15. The molecule has 0 aliphatic carbocycles. The van der Waals surface area contributed by atoms with Crippen LogP contribution in [-0.2, 0) is 11.0 Å². The number of halogens is 3. The van der Waals surface area contributed by atoms with Gasteiger partial charge in [0.2, 0.25) is 12.0 Å². The maximum Gasteiger partial charge on any atom is 0.416 e. The molecular formula is C22H14F3NO4. The van der Waals surface area contributed by atoms with Gasteiger partial charge in [-0.2, -0.15) is 13.2 Å². The summed E-state index contributed by atoms with van der Waals surface area (Å²) in [7, 11) is 0. The summed E-state index contributed by atoms with van der Waals surface area (Å²) in [6, 6.07) is 17.6. The molecule has 4 aromatic rings. The van der Waals surface area contributed by atoms with Crippen molar-refractivity contribution in [2.24, 2.45) is 0 Å². The van der Waals surface area contributed by atoms with Crippen LogP contribution in [0.15, 0.2) is 77.2 Å². The first-order valence-corrected chi connectivity index (χ1v) is 8.84. The average molecular weight is 413 g/mol. The van der Waals surface area contributed by atoms with E-state index in [2.05, 4.69) is 4.98 Å². The van der Waals surface area contributed by atoms with Crippen LogP contribution in [0.3, 0.4) is 0 Å². The fourth-order valence-electron chi connectivity index (χ4n) is 3.00. The molecular weight excluding hydrogens is 399 g/mol. The van der Waals surface area contributed by atoms with E-state index < -0.39 is 23.8 Å². The third-order valence-electron chi connectivity index (χ3n) is 4.40. The maximum atomic E-state index is 13.0. The Hall–Kier alpha value is -3.81. The Morgan fingerprint density at radius 2 is 1.73 bits per heavy atom. The Balaban J connectivity index is 1.73. The highest BCUT2D eigenvalue weighted by molar-refractivity contribution is 5.78. The van der Waals surface area contributed by atoms with Crippen LogP contribution in [0.25, 0.3) is 22.6 Å². The van der Waals surface area contributed by atoms with Gasteiger partial charge in [-0.25, -0.2) is 9.78 Å². The minimum Gasteiger partial charge on any atom is -0.478 e. The Morgan fingerprint density at radius 3 is 2.47 bits per heavy atom. The zero-order chi connectivity index (χ0) is 21.3. The predicted molar refractivity (Wildman–Crippen MR) is 102 cm³/mol. The lowest BCUT2D eigenvalue weighted by Gasteiger charge is -2.18. The molecule has 0 aliphatic heterocycles. The molecule has 0 aliphatic rings. The smallest absolute Gasteiger partial charge is 0.416 e. The number of rotatable bonds is 5. The molecule has 1 heterocycles. The van der Waals surface area contributed by atoms with Crippen molar-refractivity contribution in [2.45, 2.75) is 12.3 Å². The van der Waals surface area contributed by atoms with Crippen molar-refractivity contribution in [1.29, 1.82) is 0 Å². The van der Waals surface area contributed by atoms with Crippen LogP contribution in [0, 0.1) is 0 Å². The van der Waals surface area contributed by atoms with Gasteiger partial charge >= 0.3 is 12.1 Å². The van der Waals surface area contributed by atoms with Crippen LogP contribution in [0.4, 0.5) is 13.2 Å². The van der Waals surface area contributed by atoms with Crippen LogP contribution < -0.4 is 4.74 Å². The molecule has 1 N–H and O–H groups in total. The number of hydrogen-bond donors (Lipinski definition) is 1. The van der Waals surface area contributed by atoms with Gasteiger partial charge in [-0.3, -0.25) is 0 Å². The lowest BCUT2D eigenvalue weighted by atomic mass is 10.1. The van der Waals surface area contributed by atoms with Crippen molar-refractivity contribution in [3.63, 3.8) is 0 Å². The van der Waals surface area contributed by atoms with Crippen LogP contribution in [0.5, 0.6) is 5.75 Å². The molecule has 30 heavy (non-hydrogen) atoms. The number of para-hydroxylation sites is 3. The monoisotopic (exact) mass is 413 g/mol. The van der Waals surface area contributed by atoms with Crippen LogP contribution >= 0.6 is 0 Å². The zero-order valence-corrected chi connectivity index (χ0v) is 15.3. The van der Waals surface area contributed by atoms with Gasteiger partial charge in [0, 0.05) is 5.56 Å². The summed E-state index contributed by atoms with van der Waals surface area (Å²) in [5.41, 5.74) is 0.434. The van der Waals surface area contributed by atoms with E-state index in [1.807, 2.05) is 0 Å². The number of oxazole rings is 1. The molecule has 0 amide bonds. The number of carbonyl (C=O) groups is 1. The molecule has 152 valence electrons. The molecule has 0 saturated carbocycles. The van der Waals surface area contributed by atoms with E-state index in [-0.39, 0.29) is 17.2 Å². The molecule has 8 heteroatoms. The molecule has 1 aromatic heterocycles. The van der Waals surface area contributed by atoms with Gasteiger partial charge in [-0.05, 0) is 36.4 Å². The molecule has 0 saturated heterocycles. The number of aromatic nitrogens is 1. The van der Waals surface area contributed by atoms with Crippen molar-refractivity contribution < 1.29 is 32.2 Å². The number of ether oxygens (including phenoxy) is 1.